The highest BCUT2D eigenvalue weighted by Crippen LogP contribution is 1.87. The molecule has 0 aliphatic rings. The number of carbonyl (C=O) groups excluding carboxylic acids is 1. The lowest BCUT2D eigenvalue weighted by Gasteiger charge is -1.93. The second-order valence-corrected chi connectivity index (χ2v) is 1.68. The molecule has 0 aliphatic heterocycles. The van der Waals surface area contributed by atoms with Gasteiger partial charge in [0.2, 0.25) is 0 Å². The Labute approximate surface area is 61.2 Å². The van der Waals surface area contributed by atoms with Crippen molar-refractivity contribution in [3.05, 3.63) is 12.2 Å². The van der Waals surface area contributed by atoms with Crippen LogP contribution < -0.4 is 5.48 Å². The number of hydrogen-bond acceptors (Lipinski definition) is 5. The molecule has 60 valence electrons. The fourth-order valence-electron chi connectivity index (χ4n) is 0.519. The van der Waals surface area contributed by atoms with Crippen molar-refractivity contribution in [2.45, 2.75) is 6.61 Å². The van der Waals surface area contributed by atoms with Crippen LogP contribution in [0, 0.1) is 0 Å². The first kappa shape index (κ1) is 7.63. The Morgan fingerprint density at radius 1 is 1.82 bits per heavy atom. The van der Waals surface area contributed by atoms with Crippen molar-refractivity contribution in [2.24, 2.45) is 0 Å². The molecule has 1 heterocycles. The molecule has 1 aromatic heterocycles. The van der Waals surface area contributed by atoms with E-state index in [9.17, 15) is 4.79 Å². The van der Waals surface area contributed by atoms with E-state index >= 15 is 0 Å². The van der Waals surface area contributed by atoms with Crippen LogP contribution in [0.1, 0.15) is 5.82 Å². The Balaban J connectivity index is 2.80. The van der Waals surface area contributed by atoms with Crippen molar-refractivity contribution in [1.82, 2.24) is 20.2 Å². The predicted molar refractivity (Wildman–Crippen MR) is 31.7 cm³/mol. The molecule has 7 heteroatoms. The third kappa shape index (κ3) is 1.51. The third-order valence-electron chi connectivity index (χ3n) is 0.984. The van der Waals surface area contributed by atoms with Gasteiger partial charge in [-0.3, -0.25) is 5.21 Å². The van der Waals surface area contributed by atoms with Crippen molar-refractivity contribution in [1.29, 1.82) is 0 Å². The van der Waals surface area contributed by atoms with Crippen LogP contribution in [-0.2, 0) is 6.61 Å². The molecule has 3 N–H and O–H groups in total. The maximum Gasteiger partial charge on any atom is 0.367 e. The Morgan fingerprint density at radius 2 is 2.55 bits per heavy atom. The minimum absolute atomic E-state index is 0.119. The van der Waals surface area contributed by atoms with E-state index in [4.69, 9.17) is 10.3 Å². The van der Waals surface area contributed by atoms with Crippen molar-refractivity contribution < 1.29 is 15.1 Å². The minimum Gasteiger partial charge on any atom is -0.388 e. The summed E-state index contributed by atoms with van der Waals surface area (Å²) in [6, 6.07) is -0.822. The van der Waals surface area contributed by atoms with Gasteiger partial charge in [0.25, 0.3) is 0 Å². The molecule has 0 radical (unpaired) electrons. The molecular formula is C4H6N4O3. The SMILES string of the molecule is O=C(NO)n1cnc(CO)n1. The lowest BCUT2D eigenvalue weighted by atomic mass is 10.7. The second-order valence-electron chi connectivity index (χ2n) is 1.68. The minimum atomic E-state index is -0.822. The Hall–Kier alpha value is -1.47. The summed E-state index contributed by atoms with van der Waals surface area (Å²) in [5.41, 5.74) is 1.36. The highest BCUT2D eigenvalue weighted by molar-refractivity contribution is 5.73. The highest BCUT2D eigenvalue weighted by atomic mass is 16.5. The maximum absolute atomic E-state index is 10.6. The van der Waals surface area contributed by atoms with Crippen LogP contribution in [0.5, 0.6) is 0 Å². The number of nitrogens with one attached hydrogen (secondary N) is 1. The zero-order valence-electron chi connectivity index (χ0n) is 5.43. The van der Waals surface area contributed by atoms with E-state index in [1.165, 1.54) is 5.48 Å². The van der Waals surface area contributed by atoms with E-state index in [2.05, 4.69) is 10.1 Å². The topological polar surface area (TPSA) is 100 Å². The number of rotatable bonds is 1. The van der Waals surface area contributed by atoms with E-state index < -0.39 is 6.03 Å². The van der Waals surface area contributed by atoms with Crippen LogP contribution >= 0.6 is 0 Å². The van der Waals surface area contributed by atoms with Crippen molar-refractivity contribution in [2.75, 3.05) is 0 Å². The smallest absolute Gasteiger partial charge is 0.367 e. The number of amides is 1. The summed E-state index contributed by atoms with van der Waals surface area (Å²) in [4.78, 5) is 14.1. The van der Waals surface area contributed by atoms with Crippen LogP contribution in [0.3, 0.4) is 0 Å². The molecule has 1 aromatic rings. The van der Waals surface area contributed by atoms with Gasteiger partial charge in [0.05, 0.1) is 0 Å². The number of hydroxylamine groups is 1. The average molecular weight is 158 g/mol. The lowest BCUT2D eigenvalue weighted by Crippen LogP contribution is -2.25. The Morgan fingerprint density at radius 3 is 3.00 bits per heavy atom. The van der Waals surface area contributed by atoms with Crippen molar-refractivity contribution in [3.8, 4) is 0 Å². The summed E-state index contributed by atoms with van der Waals surface area (Å²) in [6.45, 7) is -0.342. The molecule has 1 rings (SSSR count). The van der Waals surface area contributed by atoms with E-state index in [0.29, 0.717) is 0 Å². The monoisotopic (exact) mass is 158 g/mol. The summed E-state index contributed by atoms with van der Waals surface area (Å²) >= 11 is 0. The van der Waals surface area contributed by atoms with Crippen molar-refractivity contribution >= 4 is 6.03 Å². The molecule has 0 aliphatic carbocycles. The zero-order chi connectivity index (χ0) is 8.27. The van der Waals surface area contributed by atoms with Crippen LogP contribution in [-0.4, -0.2) is 31.1 Å². The first-order valence-electron chi connectivity index (χ1n) is 2.73. The molecule has 0 fully saturated rings. The first-order valence-corrected chi connectivity index (χ1v) is 2.73. The van der Waals surface area contributed by atoms with E-state index in [-0.39, 0.29) is 12.4 Å². The Bertz CT molecular complexity index is 258. The number of nitrogens with zero attached hydrogens (tertiary/aromatic N) is 3. The molecule has 11 heavy (non-hydrogen) atoms. The summed E-state index contributed by atoms with van der Waals surface area (Å²) in [7, 11) is 0. The van der Waals surface area contributed by atoms with Crippen molar-refractivity contribution in [3.63, 3.8) is 0 Å². The van der Waals surface area contributed by atoms with Crippen LogP contribution in [0.2, 0.25) is 0 Å². The van der Waals surface area contributed by atoms with E-state index in [0.717, 1.165) is 11.0 Å². The average Bonchev–Trinajstić information content (AvgIpc) is 2.50. The van der Waals surface area contributed by atoms with Gasteiger partial charge >= 0.3 is 6.03 Å². The second kappa shape index (κ2) is 3.08. The number of aromatic nitrogens is 3. The summed E-state index contributed by atoms with van der Waals surface area (Å²) < 4.78 is 0.769. The number of aliphatic hydroxyl groups is 1. The maximum atomic E-state index is 10.6. The molecule has 1 amide bonds. The van der Waals surface area contributed by atoms with Gasteiger partial charge in [-0.15, -0.1) is 5.10 Å². The molecule has 0 bridgehead atoms. The largest absolute Gasteiger partial charge is 0.388 e. The molecule has 7 nitrogen and oxygen atoms in total. The van der Waals surface area contributed by atoms with Gasteiger partial charge in [-0.2, -0.15) is 4.68 Å². The number of carbonyl (C=O) groups is 1. The van der Waals surface area contributed by atoms with E-state index in [1.54, 1.807) is 0 Å². The summed E-state index contributed by atoms with van der Waals surface area (Å²) in [5, 5.41) is 20.1. The molecule has 0 saturated carbocycles. The van der Waals surface area contributed by atoms with Gasteiger partial charge in [0.1, 0.15) is 12.9 Å². The summed E-state index contributed by atoms with van der Waals surface area (Å²) in [6.07, 6.45) is 1.08. The highest BCUT2D eigenvalue weighted by Gasteiger charge is 2.04. The van der Waals surface area contributed by atoms with Gasteiger partial charge in [-0.1, -0.05) is 0 Å². The molecule has 0 aromatic carbocycles. The quantitative estimate of drug-likeness (QED) is 0.349. The number of aliphatic hydroxyl groups excluding tert-OH is 1. The fourth-order valence-corrected chi connectivity index (χ4v) is 0.519. The molecule has 0 saturated heterocycles. The van der Waals surface area contributed by atoms with Gasteiger partial charge < -0.3 is 5.11 Å². The van der Waals surface area contributed by atoms with Gasteiger partial charge in [-0.25, -0.2) is 15.3 Å². The number of hydrogen-bond donors (Lipinski definition) is 3. The molecule has 0 atom stereocenters. The van der Waals surface area contributed by atoms with Gasteiger partial charge in [0, 0.05) is 0 Å². The molecular weight excluding hydrogens is 152 g/mol. The van der Waals surface area contributed by atoms with Crippen LogP contribution in [0.25, 0.3) is 0 Å². The van der Waals surface area contributed by atoms with Crippen LogP contribution in [0.4, 0.5) is 4.79 Å². The van der Waals surface area contributed by atoms with E-state index in [1.807, 2.05) is 0 Å². The lowest BCUT2D eigenvalue weighted by molar-refractivity contribution is 0.160. The van der Waals surface area contributed by atoms with Gasteiger partial charge in [0.15, 0.2) is 5.82 Å². The van der Waals surface area contributed by atoms with Gasteiger partial charge in [-0.05, 0) is 0 Å². The normalized spacial score (nSPS) is 9.64. The predicted octanol–water partition coefficient (Wildman–Crippen LogP) is -1.28. The third-order valence-corrected chi connectivity index (χ3v) is 0.984. The standard InChI is InChI=1S/C4H6N4O3/c9-1-3-5-2-8(6-3)4(10)7-11/h2,9,11H,1H2,(H,7,10). The molecule has 0 unspecified atom stereocenters. The molecule has 0 spiro atoms. The zero-order valence-corrected chi connectivity index (χ0v) is 5.43. The summed E-state index contributed by atoms with van der Waals surface area (Å²) in [5.74, 6) is 0.119. The van der Waals surface area contributed by atoms with Crippen LogP contribution in [0.15, 0.2) is 6.33 Å². The Kier molecular flexibility index (Phi) is 2.14. The fraction of sp³-hybridized carbons (Fsp3) is 0.250. The first-order chi connectivity index (χ1) is 5.27.